The van der Waals surface area contributed by atoms with Crippen molar-refractivity contribution >= 4 is 64.0 Å². The van der Waals surface area contributed by atoms with E-state index in [0.29, 0.717) is 12.4 Å². The van der Waals surface area contributed by atoms with Crippen LogP contribution in [0.4, 0.5) is 39.9 Å². The van der Waals surface area contributed by atoms with Crippen LogP contribution in [0.2, 0.25) is 0 Å². The fraction of sp³-hybridized carbons (Fsp3) is 0.133. The zero-order valence-corrected chi connectivity index (χ0v) is 40.1. The van der Waals surface area contributed by atoms with Crippen LogP contribution in [-0.4, -0.2) is 31.6 Å². The molecule has 67 heavy (non-hydrogen) atoms. The minimum atomic E-state index is -0.230. The third kappa shape index (κ3) is 7.94. The topological polar surface area (TPSA) is 44.7 Å². The van der Waals surface area contributed by atoms with Gasteiger partial charge in [0.15, 0.2) is 0 Å². The van der Waals surface area contributed by atoms with E-state index in [1.54, 1.807) is 0 Å². The van der Waals surface area contributed by atoms with Gasteiger partial charge in [0.2, 0.25) is 0 Å². The molecule has 0 fully saturated rings. The molecule has 0 radical (unpaired) electrons. The van der Waals surface area contributed by atoms with Crippen LogP contribution >= 0.6 is 0 Å². The summed E-state index contributed by atoms with van der Waals surface area (Å²) in [4.78, 5) is 17.3. The molecule has 0 bridgehead atoms. The zero-order valence-electron chi connectivity index (χ0n) is 38.4. The molecule has 2 aliphatic rings. The van der Waals surface area contributed by atoms with Crippen molar-refractivity contribution in [3.05, 3.63) is 223 Å². The number of ether oxygens (including phenoxy) is 1. The first-order chi connectivity index (χ1) is 32.6. The van der Waals surface area contributed by atoms with Crippen molar-refractivity contribution in [2.45, 2.75) is 45.4 Å². The van der Waals surface area contributed by atoms with E-state index in [2.05, 4.69) is 237 Å². The van der Waals surface area contributed by atoms with Crippen molar-refractivity contribution in [1.82, 2.24) is 9.97 Å². The summed E-state index contributed by atoms with van der Waals surface area (Å²) in [5, 5.41) is 0. The molecule has 0 saturated heterocycles. The second-order valence-electron chi connectivity index (χ2n) is 18.8. The second-order valence-corrected chi connectivity index (χ2v) is 20.9. The molecule has 0 spiro atoms. The number of anilines is 7. The van der Waals surface area contributed by atoms with Gasteiger partial charge < -0.3 is 0 Å². The molecule has 0 unspecified atom stereocenters. The Hall–Kier alpha value is -7.44. The van der Waals surface area contributed by atoms with Gasteiger partial charge in [0.05, 0.1) is 0 Å². The molecule has 0 saturated carbocycles. The average molecular weight is 937 g/mol. The molecule has 328 valence electrons. The van der Waals surface area contributed by atoms with Crippen molar-refractivity contribution in [2.75, 3.05) is 21.4 Å². The van der Waals surface area contributed by atoms with Crippen LogP contribution in [-0.2, 0) is 10.8 Å². The van der Waals surface area contributed by atoms with E-state index in [4.69, 9.17) is 14.7 Å². The van der Waals surface area contributed by atoms with Gasteiger partial charge in [-0.25, -0.2) is 0 Å². The number of hydrogen-bond acceptors (Lipinski definition) is 6. The number of benzene rings is 7. The van der Waals surface area contributed by atoms with E-state index >= 15 is 0 Å². The van der Waals surface area contributed by atoms with Gasteiger partial charge in [0.1, 0.15) is 0 Å². The molecule has 9 aromatic rings. The van der Waals surface area contributed by atoms with Gasteiger partial charge in [-0.05, 0) is 22.1 Å². The van der Waals surface area contributed by atoms with Crippen LogP contribution in [0.25, 0.3) is 22.3 Å². The van der Waals surface area contributed by atoms with E-state index < -0.39 is 0 Å². The Kier molecular flexibility index (Phi) is 10.8. The van der Waals surface area contributed by atoms with Crippen molar-refractivity contribution in [3.8, 4) is 33.8 Å². The molecule has 0 amide bonds. The molecule has 2 aliphatic heterocycles. The van der Waals surface area contributed by atoms with E-state index in [1.807, 2.05) is 18.5 Å². The third-order valence-electron chi connectivity index (χ3n) is 13.1. The first-order valence-electron chi connectivity index (χ1n) is 22.9. The Bertz CT molecular complexity index is 3200. The van der Waals surface area contributed by atoms with Crippen molar-refractivity contribution < 1.29 is 4.74 Å². The Labute approximate surface area is 400 Å². The van der Waals surface area contributed by atoms with Crippen LogP contribution in [0.3, 0.4) is 0 Å². The Morgan fingerprint density at radius 3 is 1.88 bits per heavy atom. The summed E-state index contributed by atoms with van der Waals surface area (Å²) >= 11 is 0.00315. The number of fused-ring (bicyclic) bond motifs is 3. The minimum absolute atomic E-state index is 0.00315. The number of pyridine rings is 2. The quantitative estimate of drug-likeness (QED) is 0.134. The molecule has 11 rings (SSSR count). The van der Waals surface area contributed by atoms with Gasteiger partial charge in [0.25, 0.3) is 0 Å². The van der Waals surface area contributed by atoms with Gasteiger partial charge in [-0.15, -0.1) is 0 Å². The fourth-order valence-electron chi connectivity index (χ4n) is 9.40. The van der Waals surface area contributed by atoms with Crippen LogP contribution in [0.15, 0.2) is 207 Å². The Morgan fingerprint density at radius 2 is 1.16 bits per heavy atom. The fourth-order valence-corrected chi connectivity index (χ4v) is 11.5. The number of hydrogen-bond donors (Lipinski definition) is 0. The molecule has 6 nitrogen and oxygen atoms in total. The van der Waals surface area contributed by atoms with Gasteiger partial charge in [0, 0.05) is 11.1 Å². The van der Waals surface area contributed by atoms with Gasteiger partial charge in [-0.1, -0.05) is 99.6 Å². The normalized spacial score (nSPS) is 13.2. The van der Waals surface area contributed by atoms with Gasteiger partial charge in [-0.2, -0.15) is 0 Å². The Morgan fingerprint density at radius 1 is 0.493 bits per heavy atom. The predicted octanol–water partition coefficient (Wildman–Crippen LogP) is 13.9. The molecule has 2 aromatic heterocycles. The molecule has 0 aliphatic carbocycles. The summed E-state index contributed by atoms with van der Waals surface area (Å²) in [5.74, 6) is 2.25. The van der Waals surface area contributed by atoms with E-state index in [0.717, 1.165) is 38.9 Å². The summed E-state index contributed by atoms with van der Waals surface area (Å²) in [7, 11) is 0. The maximum absolute atomic E-state index is 6.83. The molecular weight excluding hydrogens is 886 g/mol. The molecule has 4 heterocycles. The monoisotopic (exact) mass is 937 g/mol. The molecule has 7 heteroatoms. The molecule has 0 atom stereocenters. The molecule has 7 aromatic carbocycles. The summed E-state index contributed by atoms with van der Waals surface area (Å²) in [5.41, 5.74) is 14.8. The standard InChI is InChI=1S/C60H51N5OSe/c1-59(2,3)44-31-32-51-53(35-44)64(57-49(41-19-9-6-10-20-41)27-18-28-50(57)42-21-11-7-12-22-42)40-63(51)46-25-17-26-47(37-46)66-48-38-54-58(62-39-48)67-55-30-16-15-29-52(55)65(54)56-36-45(33-34-61-56)60(4,5)43-23-13-8-14-24-43/h6-39H,40H2,1-5H3. The van der Waals surface area contributed by atoms with Crippen LogP contribution < -0.4 is 28.5 Å². The average Bonchev–Trinajstić information content (AvgIpc) is 3.75. The second kappa shape index (κ2) is 17.1. The van der Waals surface area contributed by atoms with Crippen molar-refractivity contribution in [1.29, 1.82) is 0 Å². The summed E-state index contributed by atoms with van der Waals surface area (Å²) in [6.45, 7) is 12.0. The first kappa shape index (κ1) is 42.2. The zero-order chi connectivity index (χ0) is 45.7. The van der Waals surface area contributed by atoms with Crippen LogP contribution in [0, 0.1) is 0 Å². The summed E-state index contributed by atoms with van der Waals surface area (Å²) < 4.78 is 9.13. The molecular formula is C60H51N5OSe. The van der Waals surface area contributed by atoms with Crippen LogP contribution in [0.1, 0.15) is 51.3 Å². The number of para-hydroxylation sites is 2. The SMILES string of the molecule is CC(C)(C)c1ccc2c(c1)N(c1c(-c3ccccc3)cccc1-c1ccccc1)CN2c1cccc(Oc2cnc3c(c2)N(c2cc(C(C)(C)c4ccccc4)ccn2)c2ccccc2[Se]3)c1. The van der Waals surface area contributed by atoms with Crippen molar-refractivity contribution in [3.63, 3.8) is 0 Å². The van der Waals surface area contributed by atoms with Crippen LogP contribution in [0.5, 0.6) is 11.5 Å². The summed E-state index contributed by atoms with van der Waals surface area (Å²) in [6, 6.07) is 69.4. The number of nitrogens with zero attached hydrogens (tertiary/aromatic N) is 5. The van der Waals surface area contributed by atoms with Gasteiger partial charge >= 0.3 is 270 Å². The van der Waals surface area contributed by atoms with E-state index in [1.165, 1.54) is 54.8 Å². The van der Waals surface area contributed by atoms with Crippen molar-refractivity contribution in [2.24, 2.45) is 0 Å². The van der Waals surface area contributed by atoms with Gasteiger partial charge in [-0.3, -0.25) is 0 Å². The number of aromatic nitrogens is 2. The number of rotatable bonds is 9. The predicted molar refractivity (Wildman–Crippen MR) is 278 cm³/mol. The maximum atomic E-state index is 6.83. The summed E-state index contributed by atoms with van der Waals surface area (Å²) in [6.07, 6.45) is 3.80. The Balaban J connectivity index is 0.968. The third-order valence-corrected chi connectivity index (χ3v) is 15.4. The molecule has 0 N–H and O–H groups in total. The van der Waals surface area contributed by atoms with E-state index in [-0.39, 0.29) is 25.8 Å². The van der Waals surface area contributed by atoms with E-state index in [9.17, 15) is 0 Å². The first-order valence-corrected chi connectivity index (χ1v) is 24.6.